The summed E-state index contributed by atoms with van der Waals surface area (Å²) in [4.78, 5) is 30.7. The highest BCUT2D eigenvalue weighted by Crippen LogP contribution is 2.26. The summed E-state index contributed by atoms with van der Waals surface area (Å²) >= 11 is 0. The van der Waals surface area contributed by atoms with Crippen LogP contribution in [-0.2, 0) is 11.2 Å². The number of carbonyl (C=O) groups is 1. The van der Waals surface area contributed by atoms with Crippen molar-refractivity contribution in [1.29, 1.82) is 0 Å². The van der Waals surface area contributed by atoms with Crippen molar-refractivity contribution in [2.24, 2.45) is 0 Å². The molecule has 0 radical (unpaired) electrons. The van der Waals surface area contributed by atoms with E-state index >= 15 is 0 Å². The van der Waals surface area contributed by atoms with Gasteiger partial charge in [0.2, 0.25) is 5.91 Å². The van der Waals surface area contributed by atoms with Gasteiger partial charge in [-0.1, -0.05) is 30.3 Å². The largest absolute Gasteiger partial charge is 0.368 e. The van der Waals surface area contributed by atoms with Gasteiger partial charge in [-0.25, -0.2) is 9.37 Å². The number of aromatic nitrogens is 3. The second kappa shape index (κ2) is 10.9. The Hall–Kier alpha value is -4.85. The predicted molar refractivity (Wildman–Crippen MR) is 152 cm³/mol. The molecule has 1 saturated heterocycles. The van der Waals surface area contributed by atoms with E-state index in [0.29, 0.717) is 11.3 Å². The van der Waals surface area contributed by atoms with Crippen LogP contribution in [0.15, 0.2) is 97.5 Å². The third-order valence-corrected chi connectivity index (χ3v) is 6.92. The first kappa shape index (κ1) is 24.5. The van der Waals surface area contributed by atoms with E-state index in [0.717, 1.165) is 54.2 Å². The maximum Gasteiger partial charge on any atom is 0.228 e. The maximum atomic E-state index is 13.4. The first-order chi connectivity index (χ1) is 19.1. The fourth-order valence-electron chi connectivity index (χ4n) is 4.87. The quantitative estimate of drug-likeness (QED) is 0.327. The first-order valence-corrected chi connectivity index (χ1v) is 12.9. The second-order valence-electron chi connectivity index (χ2n) is 9.54. The number of halogens is 1. The number of hydrogen-bond acceptors (Lipinski definition) is 6. The van der Waals surface area contributed by atoms with E-state index in [4.69, 9.17) is 4.98 Å². The molecule has 0 aliphatic carbocycles. The van der Waals surface area contributed by atoms with E-state index in [1.807, 2.05) is 67.1 Å². The Balaban J connectivity index is 1.13. The number of amides is 1. The first-order valence-electron chi connectivity index (χ1n) is 12.9. The third kappa shape index (κ3) is 5.70. The van der Waals surface area contributed by atoms with Crippen LogP contribution in [-0.4, -0.2) is 47.0 Å². The van der Waals surface area contributed by atoms with E-state index < -0.39 is 0 Å². The van der Waals surface area contributed by atoms with Crippen LogP contribution >= 0.6 is 0 Å². The summed E-state index contributed by atoms with van der Waals surface area (Å²) in [6.45, 7) is 3.56. The normalized spacial score (nSPS) is 13.5. The van der Waals surface area contributed by atoms with Crippen LogP contribution in [0.4, 0.5) is 21.6 Å². The Morgan fingerprint density at radius 2 is 1.56 bits per heavy atom. The SMILES string of the molecule is O=C(Cc1cccc(F)c1)Nc1ccc(-c2ccc3ncc(N4CCN(c5ccncc5)CC4)nc3c2)cc1. The van der Waals surface area contributed by atoms with Gasteiger partial charge in [-0.15, -0.1) is 0 Å². The Labute approximate surface area is 226 Å². The van der Waals surface area contributed by atoms with Crippen molar-refractivity contribution in [3.8, 4) is 11.1 Å². The van der Waals surface area contributed by atoms with Gasteiger partial charge < -0.3 is 15.1 Å². The monoisotopic (exact) mass is 518 g/mol. The molecule has 0 atom stereocenters. The summed E-state index contributed by atoms with van der Waals surface area (Å²) in [5.74, 6) is 0.342. The number of anilines is 3. The van der Waals surface area contributed by atoms with Gasteiger partial charge in [0, 0.05) is 49.9 Å². The number of benzene rings is 3. The minimum absolute atomic E-state index is 0.115. The molecule has 8 heteroatoms. The number of nitrogens with zero attached hydrogens (tertiary/aromatic N) is 5. The average molecular weight is 519 g/mol. The van der Waals surface area contributed by atoms with Crippen molar-refractivity contribution >= 4 is 34.1 Å². The zero-order valence-electron chi connectivity index (χ0n) is 21.3. The zero-order valence-corrected chi connectivity index (χ0v) is 21.3. The number of rotatable bonds is 6. The molecular weight excluding hydrogens is 491 g/mol. The number of piperazine rings is 1. The second-order valence-corrected chi connectivity index (χ2v) is 9.54. The lowest BCUT2D eigenvalue weighted by molar-refractivity contribution is -0.115. The Kier molecular flexibility index (Phi) is 6.82. The lowest BCUT2D eigenvalue weighted by Gasteiger charge is -2.36. The zero-order chi connectivity index (χ0) is 26.6. The van der Waals surface area contributed by atoms with Crippen molar-refractivity contribution in [1.82, 2.24) is 15.0 Å². The van der Waals surface area contributed by atoms with Gasteiger partial charge in [0.1, 0.15) is 11.6 Å². The van der Waals surface area contributed by atoms with Gasteiger partial charge >= 0.3 is 0 Å². The summed E-state index contributed by atoms with van der Waals surface area (Å²) in [6, 6.07) is 23.9. The minimum Gasteiger partial charge on any atom is -0.368 e. The highest BCUT2D eigenvalue weighted by molar-refractivity contribution is 5.92. The Morgan fingerprint density at radius 1 is 0.821 bits per heavy atom. The summed E-state index contributed by atoms with van der Waals surface area (Å²) in [5, 5.41) is 2.88. The van der Waals surface area contributed by atoms with Crippen molar-refractivity contribution in [2.45, 2.75) is 6.42 Å². The van der Waals surface area contributed by atoms with Gasteiger partial charge in [-0.05, 0) is 65.2 Å². The molecule has 39 heavy (non-hydrogen) atoms. The van der Waals surface area contributed by atoms with Crippen molar-refractivity contribution in [3.05, 3.63) is 109 Å². The van der Waals surface area contributed by atoms with Gasteiger partial charge in [-0.3, -0.25) is 14.8 Å². The van der Waals surface area contributed by atoms with Crippen molar-refractivity contribution < 1.29 is 9.18 Å². The fraction of sp³-hybridized carbons (Fsp3) is 0.161. The molecule has 1 fully saturated rings. The summed E-state index contributed by atoms with van der Waals surface area (Å²) in [5.41, 5.74) is 6.24. The number of pyridine rings is 1. The van der Waals surface area contributed by atoms with E-state index in [-0.39, 0.29) is 18.1 Å². The average Bonchev–Trinajstić information content (AvgIpc) is 2.97. The molecule has 0 spiro atoms. The summed E-state index contributed by atoms with van der Waals surface area (Å²) < 4.78 is 13.4. The molecular formula is C31H27FN6O. The molecule has 7 nitrogen and oxygen atoms in total. The molecule has 0 unspecified atom stereocenters. The van der Waals surface area contributed by atoms with Gasteiger partial charge in [0.25, 0.3) is 0 Å². The summed E-state index contributed by atoms with van der Waals surface area (Å²) in [7, 11) is 0. The lowest BCUT2D eigenvalue weighted by Crippen LogP contribution is -2.46. The molecule has 3 aromatic carbocycles. The van der Waals surface area contributed by atoms with Crippen LogP contribution < -0.4 is 15.1 Å². The molecule has 1 N–H and O–H groups in total. The smallest absolute Gasteiger partial charge is 0.228 e. The highest BCUT2D eigenvalue weighted by Gasteiger charge is 2.19. The number of nitrogens with one attached hydrogen (secondary N) is 1. The number of carbonyl (C=O) groups excluding carboxylic acids is 1. The van der Waals surface area contributed by atoms with Crippen LogP contribution in [0.3, 0.4) is 0 Å². The molecule has 6 rings (SSSR count). The molecule has 1 amide bonds. The van der Waals surface area contributed by atoms with Crippen molar-refractivity contribution in [3.63, 3.8) is 0 Å². The standard InChI is InChI=1S/C31H27FN6O/c32-25-3-1-2-22(18-25)19-31(39)35-26-7-4-23(5-8-26)24-6-9-28-29(20-24)36-30(21-34-28)38-16-14-37(15-17-38)27-10-12-33-13-11-27/h1-13,18,20-21H,14-17,19H2,(H,35,39). The predicted octanol–water partition coefficient (Wildman–Crippen LogP) is 5.34. The number of fused-ring (bicyclic) bond motifs is 1. The minimum atomic E-state index is -0.347. The van der Waals surface area contributed by atoms with Crippen LogP contribution in [0.1, 0.15) is 5.56 Å². The van der Waals surface area contributed by atoms with Gasteiger partial charge in [0.15, 0.2) is 0 Å². The lowest BCUT2D eigenvalue weighted by atomic mass is 10.0. The Bertz CT molecular complexity index is 1600. The van der Waals surface area contributed by atoms with E-state index in [2.05, 4.69) is 31.2 Å². The third-order valence-electron chi connectivity index (χ3n) is 6.92. The van der Waals surface area contributed by atoms with Gasteiger partial charge in [-0.2, -0.15) is 0 Å². The molecule has 194 valence electrons. The topological polar surface area (TPSA) is 74.2 Å². The van der Waals surface area contributed by atoms with Crippen LogP contribution in [0.5, 0.6) is 0 Å². The maximum absolute atomic E-state index is 13.4. The fourth-order valence-corrected chi connectivity index (χ4v) is 4.87. The molecule has 1 aliphatic heterocycles. The molecule has 5 aromatic rings. The molecule has 0 bridgehead atoms. The molecule has 0 saturated carbocycles. The molecule has 2 aromatic heterocycles. The Morgan fingerprint density at radius 3 is 2.33 bits per heavy atom. The molecule has 3 heterocycles. The van der Waals surface area contributed by atoms with Crippen molar-refractivity contribution in [2.75, 3.05) is 41.3 Å². The van der Waals surface area contributed by atoms with Gasteiger partial charge in [0.05, 0.1) is 23.7 Å². The van der Waals surface area contributed by atoms with Crippen LogP contribution in [0.25, 0.3) is 22.2 Å². The number of hydrogen-bond donors (Lipinski definition) is 1. The van der Waals surface area contributed by atoms with Crippen LogP contribution in [0, 0.1) is 5.82 Å². The highest BCUT2D eigenvalue weighted by atomic mass is 19.1. The molecule has 1 aliphatic rings. The van der Waals surface area contributed by atoms with Crippen LogP contribution in [0.2, 0.25) is 0 Å². The van der Waals surface area contributed by atoms with E-state index in [1.165, 1.54) is 17.8 Å². The van der Waals surface area contributed by atoms with E-state index in [1.54, 1.807) is 12.1 Å². The summed E-state index contributed by atoms with van der Waals surface area (Å²) in [6.07, 6.45) is 5.62. The van der Waals surface area contributed by atoms with E-state index in [9.17, 15) is 9.18 Å².